The van der Waals surface area contributed by atoms with E-state index in [1.807, 2.05) is 19.1 Å². The third kappa shape index (κ3) is 2.95. The first-order valence-electron chi connectivity index (χ1n) is 7.84. The van der Waals surface area contributed by atoms with Crippen LogP contribution in [0.2, 0.25) is 0 Å². The zero-order chi connectivity index (χ0) is 15.7. The number of fused-ring (bicyclic) bond motifs is 2. The first-order valence-corrected chi connectivity index (χ1v) is 8.24. The van der Waals surface area contributed by atoms with E-state index in [2.05, 4.69) is 10.6 Å². The van der Waals surface area contributed by atoms with Crippen molar-refractivity contribution in [3.8, 4) is 0 Å². The van der Waals surface area contributed by atoms with E-state index in [1.165, 1.54) is 32.8 Å². The second-order valence-corrected chi connectivity index (χ2v) is 6.76. The lowest BCUT2D eigenvalue weighted by molar-refractivity contribution is 0.0600. The minimum atomic E-state index is -0.326. The third-order valence-electron chi connectivity index (χ3n) is 5.04. The first-order chi connectivity index (χ1) is 10.6. The van der Waals surface area contributed by atoms with E-state index in [-0.39, 0.29) is 5.97 Å². The van der Waals surface area contributed by atoms with Gasteiger partial charge >= 0.3 is 5.97 Å². The predicted molar refractivity (Wildman–Crippen MR) is 91.1 cm³/mol. The number of carbonyl (C=O) groups excluding carboxylic acids is 1. The average molecular weight is 318 g/mol. The van der Waals surface area contributed by atoms with Crippen molar-refractivity contribution < 1.29 is 9.53 Å². The number of methoxy groups -OCH3 is 1. The molecule has 2 bridgehead atoms. The van der Waals surface area contributed by atoms with E-state index in [0.717, 1.165) is 23.1 Å². The number of hydrogen-bond donors (Lipinski definition) is 2. The number of rotatable bonds is 3. The number of hydrogen-bond acceptors (Lipinski definition) is 3. The largest absolute Gasteiger partial charge is 0.465 e. The molecule has 4 nitrogen and oxygen atoms in total. The van der Waals surface area contributed by atoms with E-state index in [1.54, 1.807) is 6.07 Å². The summed E-state index contributed by atoms with van der Waals surface area (Å²) in [6, 6.07) is 6.03. The second kappa shape index (κ2) is 6.24. The summed E-state index contributed by atoms with van der Waals surface area (Å²) in [5.41, 5.74) is 2.27. The fraction of sp³-hybridized carbons (Fsp3) is 0.529. The summed E-state index contributed by atoms with van der Waals surface area (Å²) in [5.74, 6) is 1.33. The molecule has 0 unspecified atom stereocenters. The SMILES string of the molecule is COC(=O)c1cccc(NC(=S)N[C@H]2C[C@@H]3CC[C@@H]2C3)c1C. The van der Waals surface area contributed by atoms with Gasteiger partial charge in [-0.1, -0.05) is 12.5 Å². The summed E-state index contributed by atoms with van der Waals surface area (Å²) in [7, 11) is 1.39. The van der Waals surface area contributed by atoms with Crippen LogP contribution in [-0.4, -0.2) is 24.2 Å². The summed E-state index contributed by atoms with van der Waals surface area (Å²) < 4.78 is 4.80. The van der Waals surface area contributed by atoms with Gasteiger partial charge in [0.25, 0.3) is 0 Å². The van der Waals surface area contributed by atoms with Crippen LogP contribution in [0.3, 0.4) is 0 Å². The maximum atomic E-state index is 11.7. The summed E-state index contributed by atoms with van der Waals surface area (Å²) >= 11 is 5.45. The summed E-state index contributed by atoms with van der Waals surface area (Å²) in [6.45, 7) is 1.90. The molecule has 2 saturated carbocycles. The van der Waals surface area contributed by atoms with Gasteiger partial charge in [0.1, 0.15) is 0 Å². The van der Waals surface area contributed by atoms with E-state index < -0.39 is 0 Å². The molecule has 1 aromatic rings. The highest BCUT2D eigenvalue weighted by atomic mass is 32.1. The summed E-state index contributed by atoms with van der Waals surface area (Å²) in [4.78, 5) is 11.7. The Balaban J connectivity index is 1.65. The normalized spacial score (nSPS) is 25.8. The van der Waals surface area contributed by atoms with Gasteiger partial charge in [-0.2, -0.15) is 0 Å². The van der Waals surface area contributed by atoms with E-state index in [4.69, 9.17) is 17.0 Å². The Kier molecular flexibility index (Phi) is 4.34. The molecular formula is C17H22N2O2S. The van der Waals surface area contributed by atoms with Gasteiger partial charge in [0.05, 0.1) is 12.7 Å². The first kappa shape index (κ1) is 15.3. The van der Waals surface area contributed by atoms with E-state index in [0.29, 0.717) is 16.7 Å². The van der Waals surface area contributed by atoms with Crippen LogP contribution in [0.5, 0.6) is 0 Å². The molecule has 118 valence electrons. The van der Waals surface area contributed by atoms with Crippen molar-refractivity contribution in [2.24, 2.45) is 11.8 Å². The predicted octanol–water partition coefficient (Wildman–Crippen LogP) is 3.26. The smallest absolute Gasteiger partial charge is 0.338 e. The van der Waals surface area contributed by atoms with Crippen molar-refractivity contribution in [3.63, 3.8) is 0 Å². The van der Waals surface area contributed by atoms with Crippen LogP contribution in [0.25, 0.3) is 0 Å². The lowest BCUT2D eigenvalue weighted by Gasteiger charge is -2.25. The molecule has 0 saturated heterocycles. The van der Waals surface area contributed by atoms with Crippen LogP contribution in [0.1, 0.15) is 41.6 Å². The Bertz CT molecular complexity index is 602. The Labute approximate surface area is 136 Å². The van der Waals surface area contributed by atoms with E-state index >= 15 is 0 Å². The van der Waals surface area contributed by atoms with Gasteiger partial charge < -0.3 is 15.4 Å². The minimum absolute atomic E-state index is 0.326. The summed E-state index contributed by atoms with van der Waals surface area (Å²) in [5, 5.41) is 7.32. The van der Waals surface area contributed by atoms with Gasteiger partial charge in [0.2, 0.25) is 0 Å². The molecule has 0 amide bonds. The van der Waals surface area contributed by atoms with Crippen molar-refractivity contribution >= 4 is 29.0 Å². The number of thiocarbonyl (C=S) groups is 1. The van der Waals surface area contributed by atoms with Crippen molar-refractivity contribution in [2.45, 2.75) is 38.6 Å². The Morgan fingerprint density at radius 2 is 2.14 bits per heavy atom. The Morgan fingerprint density at radius 3 is 2.77 bits per heavy atom. The second-order valence-electron chi connectivity index (χ2n) is 6.35. The van der Waals surface area contributed by atoms with Crippen LogP contribution in [-0.2, 0) is 4.74 Å². The molecule has 22 heavy (non-hydrogen) atoms. The number of anilines is 1. The standard InChI is InChI=1S/C17H22N2O2S/c1-10-13(16(20)21-2)4-3-5-14(10)18-17(22)19-15-9-11-6-7-12(15)8-11/h3-5,11-12,15H,6-9H2,1-2H3,(H2,18,19,22)/t11-,12-,15+/m1/s1. The van der Waals surface area contributed by atoms with Gasteiger partial charge in [0.15, 0.2) is 5.11 Å². The minimum Gasteiger partial charge on any atom is -0.465 e. The third-order valence-corrected chi connectivity index (χ3v) is 5.26. The van der Waals surface area contributed by atoms with Crippen molar-refractivity contribution in [1.82, 2.24) is 5.32 Å². The van der Waals surface area contributed by atoms with Gasteiger partial charge in [0, 0.05) is 11.7 Å². The number of ether oxygens (including phenoxy) is 1. The molecule has 2 aliphatic rings. The van der Waals surface area contributed by atoms with E-state index in [9.17, 15) is 4.79 Å². The Hall–Kier alpha value is -1.62. The van der Waals surface area contributed by atoms with Crippen LogP contribution in [0.4, 0.5) is 5.69 Å². The number of benzene rings is 1. The zero-order valence-corrected chi connectivity index (χ0v) is 13.8. The molecule has 3 atom stereocenters. The van der Waals surface area contributed by atoms with Crippen molar-refractivity contribution in [3.05, 3.63) is 29.3 Å². The average Bonchev–Trinajstić information content (AvgIpc) is 3.11. The van der Waals surface area contributed by atoms with Crippen molar-refractivity contribution in [1.29, 1.82) is 0 Å². The van der Waals surface area contributed by atoms with Gasteiger partial charge in [-0.05, 0) is 67.9 Å². The van der Waals surface area contributed by atoms with Crippen molar-refractivity contribution in [2.75, 3.05) is 12.4 Å². The number of esters is 1. The molecule has 0 aromatic heterocycles. The molecule has 2 fully saturated rings. The summed E-state index contributed by atoms with van der Waals surface area (Å²) in [6.07, 6.45) is 5.27. The highest BCUT2D eigenvalue weighted by molar-refractivity contribution is 7.80. The fourth-order valence-corrected chi connectivity index (χ4v) is 4.11. The highest BCUT2D eigenvalue weighted by Crippen LogP contribution is 2.44. The zero-order valence-electron chi connectivity index (χ0n) is 13.0. The van der Waals surface area contributed by atoms with Crippen LogP contribution >= 0.6 is 12.2 Å². The molecular weight excluding hydrogens is 296 g/mol. The lowest BCUT2D eigenvalue weighted by atomic mass is 9.95. The molecule has 0 radical (unpaired) electrons. The number of carbonyl (C=O) groups is 1. The maximum absolute atomic E-state index is 11.7. The fourth-order valence-electron chi connectivity index (χ4n) is 3.85. The molecule has 2 N–H and O–H groups in total. The van der Waals surface area contributed by atoms with Gasteiger partial charge in [-0.25, -0.2) is 4.79 Å². The number of nitrogens with one attached hydrogen (secondary N) is 2. The molecule has 1 aromatic carbocycles. The molecule has 0 aliphatic heterocycles. The molecule has 5 heteroatoms. The Morgan fingerprint density at radius 1 is 1.32 bits per heavy atom. The molecule has 0 heterocycles. The quantitative estimate of drug-likeness (QED) is 0.662. The van der Waals surface area contributed by atoms with Gasteiger partial charge in [-0.3, -0.25) is 0 Å². The topological polar surface area (TPSA) is 50.4 Å². The van der Waals surface area contributed by atoms with Crippen LogP contribution in [0, 0.1) is 18.8 Å². The molecule has 0 spiro atoms. The maximum Gasteiger partial charge on any atom is 0.338 e. The molecule has 3 rings (SSSR count). The molecule has 2 aliphatic carbocycles. The van der Waals surface area contributed by atoms with Crippen LogP contribution in [0.15, 0.2) is 18.2 Å². The highest BCUT2D eigenvalue weighted by Gasteiger charge is 2.39. The van der Waals surface area contributed by atoms with Crippen LogP contribution < -0.4 is 10.6 Å². The van der Waals surface area contributed by atoms with Gasteiger partial charge in [-0.15, -0.1) is 0 Å². The lowest BCUT2D eigenvalue weighted by Crippen LogP contribution is -2.40. The monoisotopic (exact) mass is 318 g/mol.